The Morgan fingerprint density at radius 3 is 2.79 bits per heavy atom. The van der Waals surface area contributed by atoms with Crippen molar-refractivity contribution in [3.63, 3.8) is 0 Å². The van der Waals surface area contributed by atoms with E-state index in [-0.39, 0.29) is 5.90 Å². The summed E-state index contributed by atoms with van der Waals surface area (Å²) in [5.74, 6) is 0.138. The number of nitrogens with two attached hydrogens (primary N) is 1. The molecule has 80 valence electrons. The number of hydrogen-bond acceptors (Lipinski definition) is 3. The van der Waals surface area contributed by atoms with Crippen LogP contribution in [0.5, 0.6) is 0 Å². The molecule has 0 radical (unpaired) electrons. The minimum Gasteiger partial charge on any atom is -0.478 e. The molecule has 5 heteroatoms. The van der Waals surface area contributed by atoms with Crippen LogP contribution < -0.4 is 5.73 Å². The van der Waals surface area contributed by atoms with Crippen molar-refractivity contribution < 1.29 is 4.74 Å². The molecule has 0 saturated carbocycles. The lowest BCUT2D eigenvalue weighted by Gasteiger charge is -2.02. The van der Waals surface area contributed by atoms with Crippen molar-refractivity contribution in [2.75, 3.05) is 13.2 Å². The van der Waals surface area contributed by atoms with Gasteiger partial charge in [-0.15, -0.1) is 0 Å². The maximum atomic E-state index is 7.13. The average Bonchev–Trinajstić information content (AvgIpc) is 2.15. The van der Waals surface area contributed by atoms with Gasteiger partial charge < -0.3 is 10.5 Å². The molecule has 0 aliphatic rings. The molecule has 0 amide bonds. The van der Waals surface area contributed by atoms with E-state index in [0.29, 0.717) is 10.4 Å². The maximum Gasteiger partial charge on any atom is 0.205 e. The second-order valence-electron chi connectivity index (χ2n) is 2.68. The molecule has 14 heavy (non-hydrogen) atoms. The molecular formula is C9H16IN3O. The lowest BCUT2D eigenvalue weighted by atomic mass is 10.2. The highest BCUT2D eigenvalue weighted by Crippen LogP contribution is 1.97. The summed E-state index contributed by atoms with van der Waals surface area (Å²) < 4.78 is 5.63. The van der Waals surface area contributed by atoms with Crippen LogP contribution in [0.15, 0.2) is 17.6 Å². The van der Waals surface area contributed by atoms with E-state index in [1.54, 1.807) is 0 Å². The molecule has 0 heterocycles. The van der Waals surface area contributed by atoms with Gasteiger partial charge in [0.1, 0.15) is 0 Å². The highest BCUT2D eigenvalue weighted by atomic mass is 127. The summed E-state index contributed by atoms with van der Waals surface area (Å²) in [6.45, 7) is 4.78. The fourth-order valence-corrected chi connectivity index (χ4v) is 1.06. The standard InChI is InChI=1S/C9H16IN3O/c1-2-8(11)14-7-5-3-4-6-13-9(10)12/h2,11H,1,3-7H2,(H2,12,13). The number of nitrogens with zero attached hydrogens (tertiary/aromatic N) is 1. The zero-order chi connectivity index (χ0) is 10.8. The predicted octanol–water partition coefficient (Wildman–Crippen LogP) is 2.09. The number of aliphatic imine (C=N–C) groups is 1. The largest absolute Gasteiger partial charge is 0.478 e. The van der Waals surface area contributed by atoms with Crippen molar-refractivity contribution in [2.24, 2.45) is 10.7 Å². The third-order valence-electron chi connectivity index (χ3n) is 1.51. The minimum atomic E-state index is 0.138. The van der Waals surface area contributed by atoms with E-state index in [1.807, 2.05) is 22.6 Å². The number of amidine groups is 1. The average molecular weight is 309 g/mol. The Morgan fingerprint density at radius 1 is 1.50 bits per heavy atom. The number of rotatable bonds is 7. The summed E-state index contributed by atoms with van der Waals surface area (Å²) in [5, 5.41) is 7.13. The molecular weight excluding hydrogens is 293 g/mol. The van der Waals surface area contributed by atoms with Crippen molar-refractivity contribution in [1.29, 1.82) is 5.41 Å². The molecule has 4 nitrogen and oxygen atoms in total. The van der Waals surface area contributed by atoms with Gasteiger partial charge in [0.15, 0.2) is 3.84 Å². The van der Waals surface area contributed by atoms with Crippen molar-refractivity contribution in [3.05, 3.63) is 12.7 Å². The van der Waals surface area contributed by atoms with E-state index in [4.69, 9.17) is 15.9 Å². The molecule has 0 aliphatic heterocycles. The monoisotopic (exact) mass is 309 g/mol. The Labute approximate surface area is 98.3 Å². The molecule has 0 atom stereocenters. The van der Waals surface area contributed by atoms with E-state index in [2.05, 4.69) is 11.6 Å². The molecule has 0 spiro atoms. The fourth-order valence-electron chi connectivity index (χ4n) is 0.818. The second-order valence-corrected chi connectivity index (χ2v) is 3.79. The van der Waals surface area contributed by atoms with E-state index < -0.39 is 0 Å². The fraction of sp³-hybridized carbons (Fsp3) is 0.556. The molecule has 3 N–H and O–H groups in total. The normalized spacial score (nSPS) is 11.1. The molecule has 0 aliphatic carbocycles. The van der Waals surface area contributed by atoms with Gasteiger partial charge in [0.25, 0.3) is 0 Å². The van der Waals surface area contributed by atoms with Crippen LogP contribution in [0.2, 0.25) is 0 Å². The molecule has 0 saturated heterocycles. The van der Waals surface area contributed by atoms with Crippen molar-refractivity contribution >= 4 is 32.3 Å². The van der Waals surface area contributed by atoms with Gasteiger partial charge >= 0.3 is 0 Å². The van der Waals surface area contributed by atoms with Crippen LogP contribution in [0.4, 0.5) is 0 Å². The van der Waals surface area contributed by atoms with Gasteiger partial charge in [0.05, 0.1) is 6.61 Å². The molecule has 0 aromatic heterocycles. The lowest BCUT2D eigenvalue weighted by Crippen LogP contribution is -2.03. The molecule has 0 fully saturated rings. The van der Waals surface area contributed by atoms with Crippen LogP contribution in [0.3, 0.4) is 0 Å². The summed E-state index contributed by atoms with van der Waals surface area (Å²) in [7, 11) is 0. The van der Waals surface area contributed by atoms with Crippen LogP contribution in [-0.4, -0.2) is 22.9 Å². The van der Waals surface area contributed by atoms with E-state index in [9.17, 15) is 0 Å². The topological polar surface area (TPSA) is 71.5 Å². The summed E-state index contributed by atoms with van der Waals surface area (Å²) in [4.78, 5) is 4.06. The minimum absolute atomic E-state index is 0.138. The zero-order valence-corrected chi connectivity index (χ0v) is 10.3. The van der Waals surface area contributed by atoms with Crippen LogP contribution in [0.25, 0.3) is 0 Å². The van der Waals surface area contributed by atoms with Crippen LogP contribution in [0, 0.1) is 5.41 Å². The Hall–Kier alpha value is -0.590. The van der Waals surface area contributed by atoms with Crippen molar-refractivity contribution in [2.45, 2.75) is 19.3 Å². The number of halogens is 1. The first-order chi connectivity index (χ1) is 6.66. The molecule has 0 aromatic carbocycles. The van der Waals surface area contributed by atoms with Gasteiger partial charge in [-0.2, -0.15) is 0 Å². The Kier molecular flexibility index (Phi) is 8.61. The van der Waals surface area contributed by atoms with Crippen molar-refractivity contribution in [3.8, 4) is 0 Å². The van der Waals surface area contributed by atoms with E-state index in [1.165, 1.54) is 6.08 Å². The SMILES string of the molecule is C=CC(=N)OCCCCCN=C(N)I. The quantitative estimate of drug-likeness (QED) is 0.248. The third-order valence-corrected chi connectivity index (χ3v) is 1.85. The van der Waals surface area contributed by atoms with Gasteiger partial charge in [0.2, 0.25) is 5.90 Å². The Balaban J connectivity index is 3.18. The summed E-state index contributed by atoms with van der Waals surface area (Å²) in [5.41, 5.74) is 5.36. The maximum absolute atomic E-state index is 7.13. The number of ether oxygens (including phenoxy) is 1. The van der Waals surface area contributed by atoms with Gasteiger partial charge in [-0.05, 0) is 47.9 Å². The number of nitrogens with one attached hydrogen (secondary N) is 1. The third kappa shape index (κ3) is 9.50. The number of unbranched alkanes of at least 4 members (excludes halogenated alkanes) is 2. The van der Waals surface area contributed by atoms with Gasteiger partial charge in [-0.25, -0.2) is 0 Å². The molecule has 0 rings (SSSR count). The van der Waals surface area contributed by atoms with Crippen LogP contribution in [0.1, 0.15) is 19.3 Å². The smallest absolute Gasteiger partial charge is 0.205 e. The van der Waals surface area contributed by atoms with E-state index >= 15 is 0 Å². The summed E-state index contributed by atoms with van der Waals surface area (Å²) >= 11 is 1.99. The first kappa shape index (κ1) is 13.4. The number of hydrogen-bond donors (Lipinski definition) is 2. The molecule has 0 bridgehead atoms. The van der Waals surface area contributed by atoms with Gasteiger partial charge in [-0.3, -0.25) is 10.4 Å². The molecule has 0 unspecified atom stereocenters. The first-order valence-electron chi connectivity index (χ1n) is 4.46. The predicted molar refractivity (Wildman–Crippen MR) is 68.2 cm³/mol. The first-order valence-corrected chi connectivity index (χ1v) is 5.54. The van der Waals surface area contributed by atoms with Gasteiger partial charge in [0, 0.05) is 6.54 Å². The van der Waals surface area contributed by atoms with Gasteiger partial charge in [-0.1, -0.05) is 6.58 Å². The zero-order valence-electron chi connectivity index (χ0n) is 8.13. The highest BCUT2D eigenvalue weighted by Gasteiger charge is 1.92. The lowest BCUT2D eigenvalue weighted by molar-refractivity contribution is 0.293. The van der Waals surface area contributed by atoms with E-state index in [0.717, 1.165) is 25.8 Å². The van der Waals surface area contributed by atoms with Crippen molar-refractivity contribution in [1.82, 2.24) is 0 Å². The van der Waals surface area contributed by atoms with Crippen LogP contribution >= 0.6 is 22.6 Å². The molecule has 0 aromatic rings. The Morgan fingerprint density at radius 2 is 2.21 bits per heavy atom. The highest BCUT2D eigenvalue weighted by molar-refractivity contribution is 14.1. The Bertz CT molecular complexity index is 212. The second kappa shape index (κ2) is 8.98. The summed E-state index contributed by atoms with van der Waals surface area (Å²) in [6, 6.07) is 0. The summed E-state index contributed by atoms with van der Waals surface area (Å²) in [6.07, 6.45) is 4.38. The van der Waals surface area contributed by atoms with Crippen LogP contribution in [-0.2, 0) is 4.74 Å².